The Morgan fingerprint density at radius 1 is 0.711 bits per heavy atom. The molecule has 2 aromatic carbocycles. The molecular weight excluding hydrogens is 509 g/mol. The first-order valence-electron chi connectivity index (χ1n) is 13.7. The normalized spacial score (nSPS) is 24.8. The molecule has 0 unspecified atom stereocenters. The first-order chi connectivity index (χ1) is 18.0. The van der Waals surface area contributed by atoms with Crippen LogP contribution in [-0.4, -0.2) is 0 Å². The van der Waals surface area contributed by atoms with Crippen LogP contribution in [0.5, 0.6) is 5.75 Å². The summed E-state index contributed by atoms with van der Waals surface area (Å²) in [4.78, 5) is 0. The molecule has 0 bridgehead atoms. The van der Waals surface area contributed by atoms with Gasteiger partial charge in [0.15, 0.2) is 0 Å². The maximum absolute atomic E-state index is 14.5. The van der Waals surface area contributed by atoms with Crippen molar-refractivity contribution in [3.8, 4) is 5.75 Å². The number of hydrogen-bond donors (Lipinski definition) is 0. The number of ether oxygens (including phenoxy) is 1. The van der Waals surface area contributed by atoms with E-state index >= 15 is 0 Å². The predicted molar refractivity (Wildman–Crippen MR) is 132 cm³/mol. The summed E-state index contributed by atoms with van der Waals surface area (Å²) in [5.74, 6) is -1.63. The first kappa shape index (κ1) is 28.8. The second-order valence-electron chi connectivity index (χ2n) is 11.1. The standard InChI is InChI=1S/C30H35F7O/c1-2-19-3-5-20(6-4-19)7-8-21-9-11-22(12-10-21)23-13-15-25(16-14-23)38-30(36,37)24-17-26(31)28(27(32)18-24)29(33,34)35/h13-22H,2-12H2,1H3. The molecule has 8 heteroatoms. The molecule has 0 radical (unpaired) electrons. The second kappa shape index (κ2) is 11.9. The molecule has 0 spiro atoms. The van der Waals surface area contributed by atoms with Gasteiger partial charge in [-0.25, -0.2) is 8.78 Å². The van der Waals surface area contributed by atoms with Crippen molar-refractivity contribution in [2.24, 2.45) is 17.8 Å². The summed E-state index contributed by atoms with van der Waals surface area (Å²) in [5, 5.41) is 0. The van der Waals surface area contributed by atoms with Crippen molar-refractivity contribution in [3.63, 3.8) is 0 Å². The average Bonchev–Trinajstić information content (AvgIpc) is 2.87. The predicted octanol–water partition coefficient (Wildman–Crippen LogP) is 10.4. The van der Waals surface area contributed by atoms with Crippen LogP contribution in [0.3, 0.4) is 0 Å². The molecule has 2 fully saturated rings. The van der Waals surface area contributed by atoms with E-state index in [1.165, 1.54) is 57.1 Å². The second-order valence-corrected chi connectivity index (χ2v) is 11.1. The van der Waals surface area contributed by atoms with Crippen molar-refractivity contribution in [3.05, 3.63) is 64.7 Å². The van der Waals surface area contributed by atoms with Crippen LogP contribution in [0.1, 0.15) is 100 Å². The molecule has 2 aliphatic rings. The third-order valence-corrected chi connectivity index (χ3v) is 8.63. The molecule has 38 heavy (non-hydrogen) atoms. The Kier molecular flexibility index (Phi) is 8.98. The Labute approximate surface area is 219 Å². The number of benzene rings is 2. The minimum atomic E-state index is -5.34. The van der Waals surface area contributed by atoms with E-state index in [1.54, 1.807) is 12.1 Å². The van der Waals surface area contributed by atoms with E-state index in [1.807, 2.05) is 0 Å². The van der Waals surface area contributed by atoms with Crippen LogP contribution >= 0.6 is 0 Å². The summed E-state index contributed by atoms with van der Waals surface area (Å²) in [5.41, 5.74) is -2.53. The molecule has 0 atom stereocenters. The van der Waals surface area contributed by atoms with Gasteiger partial charge >= 0.3 is 12.3 Å². The van der Waals surface area contributed by atoms with Gasteiger partial charge in [0, 0.05) is 0 Å². The summed E-state index contributed by atoms with van der Waals surface area (Å²) in [6.45, 7) is 2.28. The van der Waals surface area contributed by atoms with Crippen molar-refractivity contribution in [2.75, 3.05) is 0 Å². The summed E-state index contributed by atoms with van der Waals surface area (Å²) in [7, 11) is 0. The third-order valence-electron chi connectivity index (χ3n) is 8.63. The monoisotopic (exact) mass is 544 g/mol. The van der Waals surface area contributed by atoms with Gasteiger partial charge in [0.25, 0.3) is 0 Å². The van der Waals surface area contributed by atoms with E-state index in [0.717, 1.165) is 49.0 Å². The fourth-order valence-corrected chi connectivity index (χ4v) is 6.21. The summed E-state index contributed by atoms with van der Waals surface area (Å²) in [6.07, 6.45) is 4.18. The zero-order chi connectivity index (χ0) is 27.5. The number of alkyl halides is 5. The fraction of sp³-hybridized carbons (Fsp3) is 0.600. The molecule has 4 rings (SSSR count). The van der Waals surface area contributed by atoms with E-state index in [9.17, 15) is 30.7 Å². The fourth-order valence-electron chi connectivity index (χ4n) is 6.21. The number of rotatable bonds is 8. The molecule has 0 N–H and O–H groups in total. The van der Waals surface area contributed by atoms with Crippen molar-refractivity contribution in [1.82, 2.24) is 0 Å². The minimum absolute atomic E-state index is 0.0467. The molecule has 0 aliphatic heterocycles. The topological polar surface area (TPSA) is 9.23 Å². The van der Waals surface area contributed by atoms with Crippen LogP contribution in [0.15, 0.2) is 36.4 Å². The maximum atomic E-state index is 14.5. The Balaban J connectivity index is 1.29. The van der Waals surface area contributed by atoms with Crippen LogP contribution in [-0.2, 0) is 12.3 Å². The third kappa shape index (κ3) is 7.03. The van der Waals surface area contributed by atoms with Crippen LogP contribution < -0.4 is 4.74 Å². The van der Waals surface area contributed by atoms with Gasteiger partial charge < -0.3 is 4.74 Å². The van der Waals surface area contributed by atoms with Gasteiger partial charge in [-0.1, -0.05) is 64.0 Å². The van der Waals surface area contributed by atoms with Crippen LogP contribution in [0.25, 0.3) is 0 Å². The van der Waals surface area contributed by atoms with E-state index < -0.39 is 35.0 Å². The van der Waals surface area contributed by atoms with E-state index in [2.05, 4.69) is 11.7 Å². The molecule has 2 saturated carbocycles. The van der Waals surface area contributed by atoms with Gasteiger partial charge in [0.1, 0.15) is 22.9 Å². The van der Waals surface area contributed by atoms with Gasteiger partial charge in [-0.2, -0.15) is 22.0 Å². The first-order valence-corrected chi connectivity index (χ1v) is 13.7. The zero-order valence-corrected chi connectivity index (χ0v) is 21.6. The molecule has 0 amide bonds. The highest BCUT2D eigenvalue weighted by Gasteiger charge is 2.42. The summed E-state index contributed by atoms with van der Waals surface area (Å²) in [6, 6.07) is 6.04. The largest absolute Gasteiger partial charge is 0.429 e. The molecule has 2 aromatic rings. The van der Waals surface area contributed by atoms with E-state index in [-0.39, 0.29) is 17.9 Å². The van der Waals surface area contributed by atoms with Crippen molar-refractivity contribution < 1.29 is 35.5 Å². The Morgan fingerprint density at radius 3 is 1.66 bits per heavy atom. The van der Waals surface area contributed by atoms with Crippen LogP contribution in [0.2, 0.25) is 0 Å². The van der Waals surface area contributed by atoms with Gasteiger partial charge in [0.05, 0.1) is 5.56 Å². The highest BCUT2D eigenvalue weighted by molar-refractivity contribution is 5.33. The lowest BCUT2D eigenvalue weighted by molar-refractivity contribution is -0.186. The van der Waals surface area contributed by atoms with Gasteiger partial charge in [0.2, 0.25) is 0 Å². The Morgan fingerprint density at radius 2 is 1.18 bits per heavy atom. The van der Waals surface area contributed by atoms with Gasteiger partial charge in [-0.3, -0.25) is 0 Å². The smallest absolute Gasteiger partial charge is 0.426 e. The molecule has 210 valence electrons. The lowest BCUT2D eigenvalue weighted by atomic mass is 9.74. The number of hydrogen-bond acceptors (Lipinski definition) is 1. The average molecular weight is 545 g/mol. The van der Waals surface area contributed by atoms with Crippen molar-refractivity contribution in [1.29, 1.82) is 0 Å². The van der Waals surface area contributed by atoms with E-state index in [4.69, 9.17) is 0 Å². The lowest BCUT2D eigenvalue weighted by Crippen LogP contribution is -2.23. The molecule has 1 nitrogen and oxygen atoms in total. The summed E-state index contributed by atoms with van der Waals surface area (Å²) < 4.78 is 99.5. The van der Waals surface area contributed by atoms with E-state index in [0.29, 0.717) is 5.92 Å². The lowest BCUT2D eigenvalue weighted by Gasteiger charge is -2.32. The minimum Gasteiger partial charge on any atom is -0.429 e. The quantitative estimate of drug-likeness (QED) is 0.301. The van der Waals surface area contributed by atoms with Gasteiger partial charge in [-0.05, 0) is 79.2 Å². The maximum Gasteiger partial charge on any atom is 0.426 e. The van der Waals surface area contributed by atoms with Crippen LogP contribution in [0.4, 0.5) is 30.7 Å². The molecule has 2 aliphatic carbocycles. The SMILES string of the molecule is CCC1CCC(CCC2CCC(c3ccc(OC(F)(F)c4cc(F)c(C(F)(F)F)c(F)c4)cc3)CC2)CC1. The molecule has 0 saturated heterocycles. The van der Waals surface area contributed by atoms with Crippen molar-refractivity contribution >= 4 is 0 Å². The zero-order valence-electron chi connectivity index (χ0n) is 21.6. The Hall–Kier alpha value is -2.25. The molecular formula is C30H35F7O. The van der Waals surface area contributed by atoms with Crippen LogP contribution in [0, 0.1) is 29.4 Å². The highest BCUT2D eigenvalue weighted by atomic mass is 19.4. The summed E-state index contributed by atoms with van der Waals surface area (Å²) >= 11 is 0. The Bertz CT molecular complexity index is 1020. The highest BCUT2D eigenvalue weighted by Crippen LogP contribution is 2.42. The molecule has 0 aromatic heterocycles. The van der Waals surface area contributed by atoms with Crippen molar-refractivity contribution in [2.45, 2.75) is 95.8 Å². The molecule has 0 heterocycles. The van der Waals surface area contributed by atoms with Gasteiger partial charge in [-0.15, -0.1) is 0 Å². The number of halogens is 7.